The number of aryl methyl sites for hydroxylation is 2. The van der Waals surface area contributed by atoms with Gasteiger partial charge in [-0.2, -0.15) is 5.10 Å². The van der Waals surface area contributed by atoms with Crippen LogP contribution in [0.15, 0.2) is 48.5 Å². The molecule has 1 aromatic heterocycles. The van der Waals surface area contributed by atoms with Crippen LogP contribution in [-0.4, -0.2) is 28.8 Å². The van der Waals surface area contributed by atoms with Crippen molar-refractivity contribution < 1.29 is 9.53 Å². The van der Waals surface area contributed by atoms with Crippen molar-refractivity contribution in [2.45, 2.75) is 33.1 Å². The summed E-state index contributed by atoms with van der Waals surface area (Å²) in [5, 5.41) is 7.59. The second kappa shape index (κ2) is 7.89. The molecule has 0 saturated heterocycles. The van der Waals surface area contributed by atoms with Crippen molar-refractivity contribution in [1.29, 1.82) is 0 Å². The van der Waals surface area contributed by atoms with Crippen LogP contribution in [0, 0.1) is 13.8 Å². The third kappa shape index (κ3) is 3.79. The van der Waals surface area contributed by atoms with Crippen molar-refractivity contribution >= 4 is 5.91 Å². The number of carbonyl (C=O) groups excluding carboxylic acids is 1. The highest BCUT2D eigenvalue weighted by Gasteiger charge is 2.26. The Morgan fingerprint density at radius 3 is 2.71 bits per heavy atom. The lowest BCUT2D eigenvalue weighted by Crippen LogP contribution is -2.29. The number of carbonyl (C=O) groups is 1. The number of hydrogen-bond donors (Lipinski definition) is 1. The topological polar surface area (TPSA) is 56.2 Å². The van der Waals surface area contributed by atoms with E-state index in [9.17, 15) is 4.79 Å². The molecule has 28 heavy (non-hydrogen) atoms. The Labute approximate surface area is 165 Å². The maximum atomic E-state index is 12.7. The molecule has 1 amide bonds. The van der Waals surface area contributed by atoms with Crippen LogP contribution in [0.25, 0.3) is 5.69 Å². The number of nitrogens with one attached hydrogen (secondary N) is 1. The number of rotatable bonds is 6. The van der Waals surface area contributed by atoms with Crippen LogP contribution in [0.1, 0.15) is 39.3 Å². The van der Waals surface area contributed by atoms with E-state index in [4.69, 9.17) is 4.74 Å². The number of ether oxygens (including phenoxy) is 1. The molecule has 3 aromatic rings. The molecule has 1 aliphatic carbocycles. The van der Waals surface area contributed by atoms with Gasteiger partial charge in [-0.05, 0) is 62.9 Å². The number of benzene rings is 2. The number of hydrogen-bond acceptors (Lipinski definition) is 3. The summed E-state index contributed by atoms with van der Waals surface area (Å²) in [6.07, 6.45) is 2.93. The lowest BCUT2D eigenvalue weighted by atomic mass is 10.2. The normalized spacial score (nSPS) is 12.6. The first-order chi connectivity index (χ1) is 13.6. The highest BCUT2D eigenvalue weighted by Crippen LogP contribution is 2.28. The van der Waals surface area contributed by atoms with Crippen molar-refractivity contribution in [2.75, 3.05) is 13.2 Å². The van der Waals surface area contributed by atoms with E-state index in [1.54, 1.807) is 0 Å². The molecular weight excluding hydrogens is 350 g/mol. The van der Waals surface area contributed by atoms with E-state index >= 15 is 0 Å². The largest absolute Gasteiger partial charge is 0.492 e. The number of aromatic nitrogens is 2. The molecule has 0 bridgehead atoms. The number of amides is 1. The third-order valence-corrected chi connectivity index (χ3v) is 5.07. The van der Waals surface area contributed by atoms with E-state index in [2.05, 4.69) is 41.6 Å². The summed E-state index contributed by atoms with van der Waals surface area (Å²) >= 11 is 0. The first kappa shape index (κ1) is 18.3. The van der Waals surface area contributed by atoms with Gasteiger partial charge in [-0.1, -0.05) is 29.8 Å². The van der Waals surface area contributed by atoms with Crippen LogP contribution in [0.4, 0.5) is 0 Å². The fourth-order valence-electron chi connectivity index (χ4n) is 3.64. The predicted octanol–water partition coefficient (Wildman–Crippen LogP) is 3.79. The van der Waals surface area contributed by atoms with Crippen LogP contribution in [0.5, 0.6) is 5.75 Å². The first-order valence-electron chi connectivity index (χ1n) is 9.77. The van der Waals surface area contributed by atoms with Gasteiger partial charge >= 0.3 is 0 Å². The quantitative estimate of drug-likeness (QED) is 0.667. The second-order valence-electron chi connectivity index (χ2n) is 7.30. The van der Waals surface area contributed by atoms with Gasteiger partial charge in [0.2, 0.25) is 0 Å². The summed E-state index contributed by atoms with van der Waals surface area (Å²) in [6.45, 7) is 4.96. The minimum absolute atomic E-state index is 0.128. The second-order valence-corrected chi connectivity index (χ2v) is 7.30. The van der Waals surface area contributed by atoms with Gasteiger partial charge in [0.1, 0.15) is 12.4 Å². The highest BCUT2D eigenvalue weighted by atomic mass is 16.5. The smallest absolute Gasteiger partial charge is 0.272 e. The summed E-state index contributed by atoms with van der Waals surface area (Å²) in [5.74, 6) is 0.690. The van der Waals surface area contributed by atoms with Gasteiger partial charge in [0, 0.05) is 11.3 Å². The van der Waals surface area contributed by atoms with E-state index < -0.39 is 0 Å². The molecule has 5 heteroatoms. The molecule has 5 nitrogen and oxygen atoms in total. The van der Waals surface area contributed by atoms with E-state index in [1.165, 1.54) is 5.56 Å². The summed E-state index contributed by atoms with van der Waals surface area (Å²) in [7, 11) is 0. The van der Waals surface area contributed by atoms with Gasteiger partial charge < -0.3 is 10.1 Å². The fraction of sp³-hybridized carbons (Fsp3) is 0.304. The monoisotopic (exact) mass is 375 g/mol. The van der Waals surface area contributed by atoms with Gasteiger partial charge in [-0.25, -0.2) is 4.68 Å². The molecule has 0 radical (unpaired) electrons. The standard InChI is InChI=1S/C23H25N3O2/c1-16-9-11-18(12-10-16)26-21-8-4-7-20(21)22(25-26)23(27)24-13-14-28-19-6-3-5-17(2)15-19/h3,5-6,9-12,15H,4,7-8,13-14H2,1-2H3,(H,24,27). The van der Waals surface area contributed by atoms with Crippen LogP contribution >= 0.6 is 0 Å². The summed E-state index contributed by atoms with van der Waals surface area (Å²) < 4.78 is 7.64. The Hall–Kier alpha value is -3.08. The van der Waals surface area contributed by atoms with E-state index in [0.29, 0.717) is 18.8 Å². The van der Waals surface area contributed by atoms with E-state index in [1.807, 2.05) is 35.9 Å². The van der Waals surface area contributed by atoms with Crippen LogP contribution in [0.2, 0.25) is 0 Å². The highest BCUT2D eigenvalue weighted by molar-refractivity contribution is 5.94. The minimum atomic E-state index is -0.128. The van der Waals surface area contributed by atoms with Gasteiger partial charge in [-0.15, -0.1) is 0 Å². The molecule has 1 aliphatic rings. The molecular formula is C23H25N3O2. The summed E-state index contributed by atoms with van der Waals surface area (Å²) in [5.41, 5.74) is 6.15. The van der Waals surface area contributed by atoms with Gasteiger partial charge in [0.25, 0.3) is 5.91 Å². The average Bonchev–Trinajstić information content (AvgIpc) is 3.29. The lowest BCUT2D eigenvalue weighted by Gasteiger charge is -2.08. The Bertz CT molecular complexity index is 990. The Kier molecular flexibility index (Phi) is 5.15. The SMILES string of the molecule is Cc1ccc(-n2nc(C(=O)NCCOc3cccc(C)c3)c3c2CCC3)cc1. The fourth-order valence-corrected chi connectivity index (χ4v) is 3.64. The van der Waals surface area contributed by atoms with E-state index in [-0.39, 0.29) is 5.91 Å². The molecule has 1 N–H and O–H groups in total. The Balaban J connectivity index is 1.43. The molecule has 0 unspecified atom stereocenters. The van der Waals surface area contributed by atoms with Crippen LogP contribution < -0.4 is 10.1 Å². The van der Waals surface area contributed by atoms with Crippen LogP contribution in [-0.2, 0) is 12.8 Å². The van der Waals surface area contributed by atoms with Gasteiger partial charge in [-0.3, -0.25) is 4.79 Å². The predicted molar refractivity (Wildman–Crippen MR) is 109 cm³/mol. The van der Waals surface area contributed by atoms with Crippen molar-refractivity contribution in [1.82, 2.24) is 15.1 Å². The molecule has 144 valence electrons. The molecule has 0 aliphatic heterocycles. The maximum absolute atomic E-state index is 12.7. The van der Waals surface area contributed by atoms with Crippen molar-refractivity contribution in [3.8, 4) is 11.4 Å². The molecule has 0 saturated carbocycles. The molecule has 1 heterocycles. The lowest BCUT2D eigenvalue weighted by molar-refractivity contribution is 0.0940. The summed E-state index contributed by atoms with van der Waals surface area (Å²) in [4.78, 5) is 12.7. The van der Waals surface area contributed by atoms with Crippen LogP contribution in [0.3, 0.4) is 0 Å². The summed E-state index contributed by atoms with van der Waals surface area (Å²) in [6, 6.07) is 16.1. The molecule has 0 fully saturated rings. The van der Waals surface area contributed by atoms with Crippen molar-refractivity contribution in [2.24, 2.45) is 0 Å². The maximum Gasteiger partial charge on any atom is 0.272 e. The number of fused-ring (bicyclic) bond motifs is 1. The van der Waals surface area contributed by atoms with Gasteiger partial charge in [0.15, 0.2) is 5.69 Å². The third-order valence-electron chi connectivity index (χ3n) is 5.07. The molecule has 0 spiro atoms. The van der Waals surface area contributed by atoms with Gasteiger partial charge in [0.05, 0.1) is 12.2 Å². The van der Waals surface area contributed by atoms with Crippen molar-refractivity contribution in [3.63, 3.8) is 0 Å². The first-order valence-corrected chi connectivity index (χ1v) is 9.77. The van der Waals surface area contributed by atoms with E-state index in [0.717, 1.165) is 47.5 Å². The molecule has 0 atom stereocenters. The molecule has 2 aromatic carbocycles. The Morgan fingerprint density at radius 2 is 1.93 bits per heavy atom. The molecule has 4 rings (SSSR count). The van der Waals surface area contributed by atoms with Crippen molar-refractivity contribution in [3.05, 3.63) is 76.6 Å². The zero-order chi connectivity index (χ0) is 19.5. The number of nitrogens with zero attached hydrogens (tertiary/aromatic N) is 2. The average molecular weight is 375 g/mol. The Morgan fingerprint density at radius 1 is 1.11 bits per heavy atom. The minimum Gasteiger partial charge on any atom is -0.492 e. The zero-order valence-electron chi connectivity index (χ0n) is 16.4. The zero-order valence-corrected chi connectivity index (χ0v) is 16.4.